The molecule has 0 fully saturated rings. The van der Waals surface area contributed by atoms with Gasteiger partial charge in [0.2, 0.25) is 0 Å². The molecule has 8 nitrogen and oxygen atoms in total. The Morgan fingerprint density at radius 2 is 2.14 bits per heavy atom. The molecule has 0 radical (unpaired) electrons. The Morgan fingerprint density at radius 1 is 1.32 bits per heavy atom. The molecular formula is C19H20FN5O3. The fourth-order valence-electron chi connectivity index (χ4n) is 2.57. The second kappa shape index (κ2) is 8.47. The van der Waals surface area contributed by atoms with Gasteiger partial charge in [-0.25, -0.2) is 14.1 Å². The number of aryl methyl sites for hydroxylation is 1. The lowest BCUT2D eigenvalue weighted by atomic mass is 10.3. The van der Waals surface area contributed by atoms with Gasteiger partial charge in [0.05, 0.1) is 6.54 Å². The van der Waals surface area contributed by atoms with Crippen LogP contribution in [0.2, 0.25) is 0 Å². The van der Waals surface area contributed by atoms with Gasteiger partial charge in [-0.15, -0.1) is 0 Å². The van der Waals surface area contributed by atoms with Crippen molar-refractivity contribution >= 4 is 5.91 Å². The zero-order chi connectivity index (χ0) is 20.1. The number of aromatic nitrogens is 4. The zero-order valence-electron chi connectivity index (χ0n) is 15.5. The number of ether oxygens (including phenoxy) is 1. The normalized spacial score (nSPS) is 11.8. The first-order valence-corrected chi connectivity index (χ1v) is 8.72. The summed E-state index contributed by atoms with van der Waals surface area (Å²) in [5.41, 5.74) is -0.278. The SMILES string of the molecule is Cc1nccn1-c1ccc(=O)n(CCNC(=O)[C@H](C)Oc2cccc(F)c2)n1. The van der Waals surface area contributed by atoms with Gasteiger partial charge < -0.3 is 10.1 Å². The fourth-order valence-corrected chi connectivity index (χ4v) is 2.57. The maximum absolute atomic E-state index is 13.2. The number of halogens is 1. The van der Waals surface area contributed by atoms with Gasteiger partial charge in [-0.05, 0) is 32.0 Å². The molecular weight excluding hydrogens is 365 g/mol. The lowest BCUT2D eigenvalue weighted by Crippen LogP contribution is -2.39. The first-order chi connectivity index (χ1) is 13.4. The summed E-state index contributed by atoms with van der Waals surface area (Å²) < 4.78 is 21.6. The van der Waals surface area contributed by atoms with Crippen LogP contribution in [0.15, 0.2) is 53.6 Å². The van der Waals surface area contributed by atoms with Crippen molar-refractivity contribution in [3.8, 4) is 11.6 Å². The molecule has 0 bridgehead atoms. The van der Waals surface area contributed by atoms with Crippen LogP contribution in [0.25, 0.3) is 5.82 Å². The van der Waals surface area contributed by atoms with Crippen molar-refractivity contribution in [3.63, 3.8) is 0 Å². The number of carbonyl (C=O) groups excluding carboxylic acids is 1. The van der Waals surface area contributed by atoms with Crippen LogP contribution < -0.4 is 15.6 Å². The molecule has 1 aromatic carbocycles. The van der Waals surface area contributed by atoms with Gasteiger partial charge in [0.1, 0.15) is 17.4 Å². The quantitative estimate of drug-likeness (QED) is 0.665. The Bertz CT molecular complexity index is 1030. The first-order valence-electron chi connectivity index (χ1n) is 8.72. The van der Waals surface area contributed by atoms with E-state index in [1.54, 1.807) is 36.0 Å². The van der Waals surface area contributed by atoms with E-state index in [4.69, 9.17) is 4.74 Å². The number of amides is 1. The molecule has 0 spiro atoms. The average molecular weight is 385 g/mol. The summed E-state index contributed by atoms with van der Waals surface area (Å²) in [5.74, 6) is 0.754. The third kappa shape index (κ3) is 4.61. The molecule has 0 aliphatic heterocycles. The molecule has 28 heavy (non-hydrogen) atoms. The summed E-state index contributed by atoms with van der Waals surface area (Å²) in [7, 11) is 0. The highest BCUT2D eigenvalue weighted by Gasteiger charge is 2.14. The van der Waals surface area contributed by atoms with E-state index in [0.717, 1.165) is 5.82 Å². The fraction of sp³-hybridized carbons (Fsp3) is 0.263. The summed E-state index contributed by atoms with van der Waals surface area (Å²) in [5, 5.41) is 6.98. The highest BCUT2D eigenvalue weighted by atomic mass is 19.1. The highest BCUT2D eigenvalue weighted by Crippen LogP contribution is 2.13. The predicted octanol–water partition coefficient (Wildman–Crippen LogP) is 1.46. The number of carbonyl (C=O) groups is 1. The van der Waals surface area contributed by atoms with Gasteiger partial charge in [-0.2, -0.15) is 5.10 Å². The number of nitrogens with one attached hydrogen (secondary N) is 1. The van der Waals surface area contributed by atoms with E-state index < -0.39 is 11.9 Å². The van der Waals surface area contributed by atoms with Gasteiger partial charge in [-0.3, -0.25) is 14.2 Å². The predicted molar refractivity (Wildman–Crippen MR) is 99.9 cm³/mol. The van der Waals surface area contributed by atoms with Crippen LogP contribution in [0.3, 0.4) is 0 Å². The molecule has 1 amide bonds. The van der Waals surface area contributed by atoms with E-state index in [0.29, 0.717) is 5.82 Å². The molecule has 2 heterocycles. The molecule has 146 valence electrons. The van der Waals surface area contributed by atoms with E-state index in [2.05, 4.69) is 15.4 Å². The number of hydrogen-bond acceptors (Lipinski definition) is 5. The molecule has 3 rings (SSSR count). The smallest absolute Gasteiger partial charge is 0.266 e. The Labute approximate surface area is 160 Å². The lowest BCUT2D eigenvalue weighted by Gasteiger charge is -2.15. The Kier molecular flexibility index (Phi) is 5.83. The molecule has 0 saturated carbocycles. The van der Waals surface area contributed by atoms with Crippen LogP contribution in [0.1, 0.15) is 12.7 Å². The van der Waals surface area contributed by atoms with Gasteiger partial charge in [-0.1, -0.05) is 6.07 Å². The zero-order valence-corrected chi connectivity index (χ0v) is 15.5. The Balaban J connectivity index is 1.58. The maximum atomic E-state index is 13.2. The number of benzene rings is 1. The molecule has 1 N–H and O–H groups in total. The van der Waals surface area contributed by atoms with Crippen LogP contribution in [-0.2, 0) is 11.3 Å². The van der Waals surface area contributed by atoms with Crippen LogP contribution in [-0.4, -0.2) is 37.9 Å². The van der Waals surface area contributed by atoms with Crippen LogP contribution in [0.4, 0.5) is 4.39 Å². The number of nitrogens with zero attached hydrogens (tertiary/aromatic N) is 4. The molecule has 0 aliphatic carbocycles. The average Bonchev–Trinajstić information content (AvgIpc) is 3.09. The summed E-state index contributed by atoms with van der Waals surface area (Å²) in [6.07, 6.45) is 2.58. The van der Waals surface area contributed by atoms with E-state index >= 15 is 0 Å². The molecule has 0 saturated heterocycles. The molecule has 0 aliphatic rings. The topological polar surface area (TPSA) is 91.0 Å². The largest absolute Gasteiger partial charge is 0.481 e. The highest BCUT2D eigenvalue weighted by molar-refractivity contribution is 5.80. The standard InChI is InChI=1S/C19H20FN5O3/c1-13(28-16-5-3-4-15(20)12-16)19(27)22-9-11-25-18(26)7-6-17(23-25)24-10-8-21-14(24)2/h3-8,10,12-13H,9,11H2,1-2H3,(H,22,27)/t13-/m0/s1. The Morgan fingerprint density at radius 3 is 2.86 bits per heavy atom. The van der Waals surface area contributed by atoms with Crippen molar-refractivity contribution in [1.82, 2.24) is 24.6 Å². The summed E-state index contributed by atoms with van der Waals surface area (Å²) in [6, 6.07) is 8.60. The summed E-state index contributed by atoms with van der Waals surface area (Å²) in [4.78, 5) is 28.3. The molecule has 1 atom stereocenters. The van der Waals surface area contributed by atoms with Gasteiger partial charge >= 0.3 is 0 Å². The minimum absolute atomic E-state index is 0.189. The Hall–Kier alpha value is -3.49. The van der Waals surface area contributed by atoms with Crippen molar-refractivity contribution in [1.29, 1.82) is 0 Å². The number of rotatable bonds is 7. The van der Waals surface area contributed by atoms with Crippen LogP contribution in [0.5, 0.6) is 5.75 Å². The van der Waals surface area contributed by atoms with Gasteiger partial charge in [0.25, 0.3) is 11.5 Å². The van der Waals surface area contributed by atoms with E-state index in [9.17, 15) is 14.0 Å². The van der Waals surface area contributed by atoms with Crippen LogP contribution in [0, 0.1) is 12.7 Å². The summed E-state index contributed by atoms with van der Waals surface area (Å²) >= 11 is 0. The van der Waals surface area contributed by atoms with Gasteiger partial charge in [0.15, 0.2) is 11.9 Å². The lowest BCUT2D eigenvalue weighted by molar-refractivity contribution is -0.127. The number of hydrogen-bond donors (Lipinski definition) is 1. The van der Waals surface area contributed by atoms with Crippen molar-refractivity contribution in [2.75, 3.05) is 6.54 Å². The third-order valence-electron chi connectivity index (χ3n) is 4.03. The van der Waals surface area contributed by atoms with Gasteiger partial charge in [0, 0.05) is 31.1 Å². The minimum atomic E-state index is -0.814. The number of imidazole rings is 1. The second-order valence-electron chi connectivity index (χ2n) is 6.11. The maximum Gasteiger partial charge on any atom is 0.266 e. The van der Waals surface area contributed by atoms with E-state index in [1.165, 1.54) is 28.9 Å². The minimum Gasteiger partial charge on any atom is -0.481 e. The van der Waals surface area contributed by atoms with Crippen molar-refractivity contribution in [3.05, 3.63) is 70.8 Å². The molecule has 0 unspecified atom stereocenters. The molecule has 2 aromatic heterocycles. The molecule has 3 aromatic rings. The van der Waals surface area contributed by atoms with E-state index in [1.807, 2.05) is 6.92 Å². The first kappa shape index (κ1) is 19.3. The molecule has 9 heteroatoms. The second-order valence-corrected chi connectivity index (χ2v) is 6.11. The van der Waals surface area contributed by atoms with Crippen molar-refractivity contribution in [2.24, 2.45) is 0 Å². The van der Waals surface area contributed by atoms with Crippen LogP contribution >= 0.6 is 0 Å². The monoisotopic (exact) mass is 385 g/mol. The van der Waals surface area contributed by atoms with E-state index in [-0.39, 0.29) is 30.3 Å². The van der Waals surface area contributed by atoms with Crippen molar-refractivity contribution < 1.29 is 13.9 Å². The third-order valence-corrected chi connectivity index (χ3v) is 4.03. The van der Waals surface area contributed by atoms with Crippen molar-refractivity contribution in [2.45, 2.75) is 26.5 Å². The summed E-state index contributed by atoms with van der Waals surface area (Å²) in [6.45, 7) is 3.78.